The Hall–Kier alpha value is -3.67. The second kappa shape index (κ2) is 8.14. The van der Waals surface area contributed by atoms with Crippen LogP contribution < -0.4 is 10.1 Å². The Morgan fingerprint density at radius 1 is 0.963 bits per heavy atom. The molecule has 0 aliphatic heterocycles. The molecule has 1 N–H and O–H groups in total. The van der Waals surface area contributed by atoms with Crippen LogP contribution in [0.25, 0.3) is 11.1 Å². The summed E-state index contributed by atoms with van der Waals surface area (Å²) in [6.45, 7) is 1.63. The van der Waals surface area contributed by atoms with E-state index in [1.54, 1.807) is 6.92 Å². The third kappa shape index (κ3) is 4.49. The monoisotopic (exact) mass is 362 g/mol. The van der Waals surface area contributed by atoms with E-state index in [1.807, 2.05) is 54.6 Å². The number of para-hydroxylation sites is 1. The number of ether oxygens (including phenoxy) is 1. The van der Waals surface area contributed by atoms with Gasteiger partial charge in [0, 0.05) is 23.4 Å². The maximum absolute atomic E-state index is 12.5. The molecule has 0 unspecified atom stereocenters. The highest BCUT2D eigenvalue weighted by Crippen LogP contribution is 2.28. The minimum atomic E-state index is -0.768. The molecule has 3 aromatic carbocycles. The fourth-order valence-electron chi connectivity index (χ4n) is 2.60. The first kappa shape index (κ1) is 18.1. The molecule has 0 heterocycles. The van der Waals surface area contributed by atoms with Crippen molar-refractivity contribution in [3.05, 3.63) is 89.0 Å². The van der Waals surface area contributed by atoms with Crippen LogP contribution in [0.3, 0.4) is 0 Å². The fraction of sp³-hybridized carbons (Fsp3) is 0.0952. The molecule has 3 aromatic rings. The largest absolute Gasteiger partial charge is 0.481 e. The summed E-state index contributed by atoms with van der Waals surface area (Å²) in [7, 11) is 0. The van der Waals surface area contributed by atoms with Crippen molar-refractivity contribution in [1.82, 2.24) is 0 Å². The molecule has 6 nitrogen and oxygen atoms in total. The van der Waals surface area contributed by atoms with E-state index in [9.17, 15) is 14.9 Å². The number of nitrogens with one attached hydrogen (secondary N) is 1. The number of nitro benzene ring substituents is 1. The van der Waals surface area contributed by atoms with Crippen LogP contribution in [0, 0.1) is 10.1 Å². The summed E-state index contributed by atoms with van der Waals surface area (Å²) in [6, 6.07) is 22.9. The molecular formula is C21H18N2O4. The summed E-state index contributed by atoms with van der Waals surface area (Å²) >= 11 is 0. The van der Waals surface area contributed by atoms with E-state index in [-0.39, 0.29) is 11.6 Å². The molecule has 0 saturated carbocycles. The molecule has 3 rings (SSSR count). The molecule has 6 heteroatoms. The first-order chi connectivity index (χ1) is 13.0. The fourth-order valence-corrected chi connectivity index (χ4v) is 2.60. The standard InChI is InChI=1S/C21H18N2O4/c1-15(27-18-13-11-17(12-14-18)23(25)26)21(24)22-20-10-6-5-9-19(20)16-7-3-2-4-8-16/h2-15H,1H3,(H,22,24)/t15-/m0/s1. The molecule has 27 heavy (non-hydrogen) atoms. The molecule has 0 radical (unpaired) electrons. The molecule has 0 aliphatic rings. The van der Waals surface area contributed by atoms with Crippen LogP contribution in [0.5, 0.6) is 5.75 Å². The Bertz CT molecular complexity index is 940. The number of anilines is 1. The van der Waals surface area contributed by atoms with E-state index in [2.05, 4.69) is 5.32 Å². The first-order valence-electron chi connectivity index (χ1n) is 8.41. The highest BCUT2D eigenvalue weighted by atomic mass is 16.6. The lowest BCUT2D eigenvalue weighted by molar-refractivity contribution is -0.384. The van der Waals surface area contributed by atoms with Gasteiger partial charge in [0.25, 0.3) is 11.6 Å². The quantitative estimate of drug-likeness (QED) is 0.510. The Morgan fingerprint density at radius 3 is 2.26 bits per heavy atom. The Kier molecular flexibility index (Phi) is 5.47. The molecule has 0 aromatic heterocycles. The number of carbonyl (C=O) groups is 1. The molecule has 0 fully saturated rings. The summed E-state index contributed by atoms with van der Waals surface area (Å²) in [5.41, 5.74) is 2.57. The Labute approximate surface area is 156 Å². The summed E-state index contributed by atoms with van der Waals surface area (Å²) < 4.78 is 5.59. The Balaban J connectivity index is 1.71. The average molecular weight is 362 g/mol. The van der Waals surface area contributed by atoms with Gasteiger partial charge >= 0.3 is 0 Å². The zero-order chi connectivity index (χ0) is 19.2. The summed E-state index contributed by atoms with van der Waals surface area (Å²) in [5, 5.41) is 13.6. The number of carbonyl (C=O) groups excluding carboxylic acids is 1. The van der Waals surface area contributed by atoms with E-state index in [0.717, 1.165) is 11.1 Å². The van der Waals surface area contributed by atoms with E-state index >= 15 is 0 Å². The van der Waals surface area contributed by atoms with Gasteiger partial charge in [-0.3, -0.25) is 14.9 Å². The van der Waals surface area contributed by atoms with Gasteiger partial charge in [0.15, 0.2) is 6.10 Å². The number of hydrogen-bond acceptors (Lipinski definition) is 4. The van der Waals surface area contributed by atoms with Crippen LogP contribution in [0.15, 0.2) is 78.9 Å². The van der Waals surface area contributed by atoms with Gasteiger partial charge in [0.05, 0.1) is 4.92 Å². The number of nitrogens with zero attached hydrogens (tertiary/aromatic N) is 1. The van der Waals surface area contributed by atoms with Gasteiger partial charge < -0.3 is 10.1 Å². The Morgan fingerprint density at radius 2 is 1.59 bits per heavy atom. The molecule has 1 amide bonds. The molecule has 136 valence electrons. The number of nitro groups is 1. The number of rotatable bonds is 6. The lowest BCUT2D eigenvalue weighted by Gasteiger charge is -2.16. The number of amides is 1. The van der Waals surface area contributed by atoms with Crippen LogP contribution in [0.1, 0.15) is 6.92 Å². The van der Waals surface area contributed by atoms with Crippen molar-refractivity contribution >= 4 is 17.3 Å². The normalized spacial score (nSPS) is 11.4. The molecule has 1 atom stereocenters. The zero-order valence-electron chi connectivity index (χ0n) is 14.7. The van der Waals surface area contributed by atoms with Gasteiger partial charge in [-0.2, -0.15) is 0 Å². The minimum Gasteiger partial charge on any atom is -0.481 e. The van der Waals surface area contributed by atoms with Crippen molar-refractivity contribution in [1.29, 1.82) is 0 Å². The van der Waals surface area contributed by atoms with Gasteiger partial charge in [-0.1, -0.05) is 48.5 Å². The van der Waals surface area contributed by atoms with Gasteiger partial charge in [-0.15, -0.1) is 0 Å². The van der Waals surface area contributed by atoms with Gasteiger partial charge in [-0.25, -0.2) is 0 Å². The van der Waals surface area contributed by atoms with Crippen molar-refractivity contribution in [2.75, 3.05) is 5.32 Å². The highest BCUT2D eigenvalue weighted by molar-refractivity contribution is 5.98. The maximum Gasteiger partial charge on any atom is 0.269 e. The van der Waals surface area contributed by atoms with Crippen LogP contribution in [-0.2, 0) is 4.79 Å². The first-order valence-corrected chi connectivity index (χ1v) is 8.41. The number of benzene rings is 3. The maximum atomic E-state index is 12.5. The molecule has 0 spiro atoms. The lowest BCUT2D eigenvalue weighted by atomic mass is 10.0. The van der Waals surface area contributed by atoms with Gasteiger partial charge in [0.2, 0.25) is 0 Å². The summed E-state index contributed by atoms with van der Waals surface area (Å²) in [5.74, 6) is 0.0799. The number of non-ortho nitro benzene ring substituents is 1. The second-order valence-corrected chi connectivity index (χ2v) is 5.91. The predicted octanol–water partition coefficient (Wildman–Crippen LogP) is 4.67. The van der Waals surface area contributed by atoms with Crippen LogP contribution in [0.4, 0.5) is 11.4 Å². The topological polar surface area (TPSA) is 81.5 Å². The van der Waals surface area contributed by atoms with Crippen molar-refractivity contribution in [3.8, 4) is 16.9 Å². The summed E-state index contributed by atoms with van der Waals surface area (Å²) in [6.07, 6.45) is -0.768. The van der Waals surface area contributed by atoms with E-state index < -0.39 is 11.0 Å². The third-order valence-electron chi connectivity index (χ3n) is 4.00. The predicted molar refractivity (Wildman–Crippen MR) is 104 cm³/mol. The second-order valence-electron chi connectivity index (χ2n) is 5.91. The van der Waals surface area contributed by atoms with Crippen molar-refractivity contribution < 1.29 is 14.5 Å². The van der Waals surface area contributed by atoms with Crippen molar-refractivity contribution in [2.24, 2.45) is 0 Å². The zero-order valence-corrected chi connectivity index (χ0v) is 14.7. The SMILES string of the molecule is C[C@H](Oc1ccc([N+](=O)[O-])cc1)C(=O)Nc1ccccc1-c1ccccc1. The van der Waals surface area contributed by atoms with E-state index in [1.165, 1.54) is 24.3 Å². The lowest BCUT2D eigenvalue weighted by Crippen LogP contribution is -2.30. The van der Waals surface area contributed by atoms with E-state index in [4.69, 9.17) is 4.74 Å². The average Bonchev–Trinajstić information content (AvgIpc) is 2.69. The molecule has 0 aliphatic carbocycles. The number of hydrogen-bond donors (Lipinski definition) is 1. The highest BCUT2D eigenvalue weighted by Gasteiger charge is 2.17. The van der Waals surface area contributed by atoms with Crippen molar-refractivity contribution in [3.63, 3.8) is 0 Å². The summed E-state index contributed by atoms with van der Waals surface area (Å²) in [4.78, 5) is 22.7. The van der Waals surface area contributed by atoms with E-state index in [0.29, 0.717) is 11.4 Å². The molecular weight excluding hydrogens is 344 g/mol. The van der Waals surface area contributed by atoms with Crippen LogP contribution in [-0.4, -0.2) is 16.9 Å². The van der Waals surface area contributed by atoms with Crippen LogP contribution >= 0.6 is 0 Å². The van der Waals surface area contributed by atoms with Crippen molar-refractivity contribution in [2.45, 2.75) is 13.0 Å². The van der Waals surface area contributed by atoms with Gasteiger partial charge in [-0.05, 0) is 30.7 Å². The molecule has 0 saturated heterocycles. The van der Waals surface area contributed by atoms with Crippen LogP contribution in [0.2, 0.25) is 0 Å². The minimum absolute atomic E-state index is 0.0313. The van der Waals surface area contributed by atoms with Gasteiger partial charge in [0.1, 0.15) is 5.75 Å². The smallest absolute Gasteiger partial charge is 0.269 e. The molecule has 0 bridgehead atoms. The third-order valence-corrected chi connectivity index (χ3v) is 4.00.